The molecule has 0 N–H and O–H groups in total. The van der Waals surface area contributed by atoms with Gasteiger partial charge in [0.1, 0.15) is 0 Å². The Morgan fingerprint density at radius 1 is 0.151 bits per heavy atom. The molecule has 320 valence electrons. The van der Waals surface area contributed by atoms with Crippen LogP contribution in [0.4, 0.5) is 0 Å². The van der Waals surface area contributed by atoms with Crippen molar-refractivity contribution in [2.24, 2.45) is 0 Å². The molecule has 53 heavy (non-hydrogen) atoms. The van der Waals surface area contributed by atoms with Crippen LogP contribution >= 0.6 is 0 Å². The van der Waals surface area contributed by atoms with Gasteiger partial charge in [-0.05, 0) is 12.8 Å². The Labute approximate surface area is 338 Å². The molecule has 0 amide bonds. The number of hydrogen-bond donors (Lipinski definition) is 0. The number of ether oxygens (including phenoxy) is 1. The molecule has 0 aromatic rings. The molecule has 0 aliphatic heterocycles. The summed E-state index contributed by atoms with van der Waals surface area (Å²) >= 11 is 0. The molecule has 0 saturated heterocycles. The van der Waals surface area contributed by atoms with E-state index in [2.05, 4.69) is 13.8 Å². The van der Waals surface area contributed by atoms with Crippen LogP contribution in [0.2, 0.25) is 0 Å². The van der Waals surface area contributed by atoms with Crippen molar-refractivity contribution in [3.63, 3.8) is 0 Å². The Morgan fingerprint density at radius 3 is 0.396 bits per heavy atom. The second-order valence-corrected chi connectivity index (χ2v) is 17.9. The highest BCUT2D eigenvalue weighted by atomic mass is 16.5. The third kappa shape index (κ3) is 52.0. The Hall–Kier alpha value is -0.0400. The van der Waals surface area contributed by atoms with Gasteiger partial charge < -0.3 is 4.74 Å². The molecule has 1 heteroatoms. The summed E-state index contributed by atoms with van der Waals surface area (Å²) < 4.78 is 5.93. The Bertz CT molecular complexity index is 536. The topological polar surface area (TPSA) is 9.23 Å². The fourth-order valence-corrected chi connectivity index (χ4v) is 8.43. The van der Waals surface area contributed by atoms with Crippen LogP contribution < -0.4 is 0 Å². The highest BCUT2D eigenvalue weighted by Crippen LogP contribution is 2.18. The Kier molecular flexibility index (Phi) is 51.9. The fraction of sp³-hybridized carbons (Fsp3) is 1.00. The minimum atomic E-state index is 0.998. The van der Waals surface area contributed by atoms with Crippen molar-refractivity contribution in [1.29, 1.82) is 0 Å². The van der Waals surface area contributed by atoms with Crippen LogP contribution in [0, 0.1) is 0 Å². The van der Waals surface area contributed by atoms with E-state index in [9.17, 15) is 0 Å². The van der Waals surface area contributed by atoms with Gasteiger partial charge in [0, 0.05) is 13.2 Å². The van der Waals surface area contributed by atoms with Gasteiger partial charge in [-0.3, -0.25) is 0 Å². The molecule has 0 bridgehead atoms. The Morgan fingerprint density at radius 2 is 0.264 bits per heavy atom. The lowest BCUT2D eigenvalue weighted by Crippen LogP contribution is -1.97. The van der Waals surface area contributed by atoms with Crippen molar-refractivity contribution in [2.45, 2.75) is 322 Å². The summed E-state index contributed by atoms with van der Waals surface area (Å²) in [7, 11) is 0. The van der Waals surface area contributed by atoms with Gasteiger partial charge in [0.05, 0.1) is 0 Å². The Balaban J connectivity index is 3.05. The summed E-state index contributed by atoms with van der Waals surface area (Å²) in [6.45, 7) is 6.62. The number of hydrogen-bond acceptors (Lipinski definition) is 1. The van der Waals surface area contributed by atoms with Crippen LogP contribution in [0.1, 0.15) is 322 Å². The normalized spacial score (nSPS) is 11.7. The minimum absolute atomic E-state index is 0.998. The van der Waals surface area contributed by atoms with Crippen LogP contribution in [0.15, 0.2) is 0 Å². The smallest absolute Gasteiger partial charge is 0.0466 e. The van der Waals surface area contributed by atoms with E-state index < -0.39 is 0 Å². The summed E-state index contributed by atoms with van der Waals surface area (Å²) in [4.78, 5) is 0. The van der Waals surface area contributed by atoms with E-state index in [4.69, 9.17) is 4.74 Å². The van der Waals surface area contributed by atoms with Crippen molar-refractivity contribution in [3.8, 4) is 0 Å². The summed E-state index contributed by atoms with van der Waals surface area (Å²) in [5, 5.41) is 0. The highest BCUT2D eigenvalue weighted by Gasteiger charge is 1.99. The zero-order valence-electron chi connectivity index (χ0n) is 37.8. The van der Waals surface area contributed by atoms with E-state index in [1.54, 1.807) is 0 Å². The van der Waals surface area contributed by atoms with Gasteiger partial charge in [0.25, 0.3) is 0 Å². The SMILES string of the molecule is CCCCCCCCCCCCCCCCCCCCCCCCCCCCCCOCCCCCCCCCCCCCCCCCCCCCC. The molecule has 0 fully saturated rings. The first-order valence-corrected chi connectivity index (χ1v) is 26.0. The van der Waals surface area contributed by atoms with Crippen molar-refractivity contribution in [1.82, 2.24) is 0 Å². The molecule has 0 aromatic heterocycles. The van der Waals surface area contributed by atoms with Crippen LogP contribution in [0.3, 0.4) is 0 Å². The molecule has 0 radical (unpaired) electrons. The van der Waals surface area contributed by atoms with Gasteiger partial charge in [-0.2, -0.15) is 0 Å². The summed E-state index contributed by atoms with van der Waals surface area (Å²) in [6, 6.07) is 0. The molecular formula is C52H106O. The van der Waals surface area contributed by atoms with E-state index in [1.807, 2.05) is 0 Å². The van der Waals surface area contributed by atoms with E-state index in [0.717, 1.165) is 13.2 Å². The van der Waals surface area contributed by atoms with Crippen molar-refractivity contribution < 1.29 is 4.74 Å². The average molecular weight is 747 g/mol. The second-order valence-electron chi connectivity index (χ2n) is 17.9. The molecular weight excluding hydrogens is 641 g/mol. The van der Waals surface area contributed by atoms with Gasteiger partial charge in [0.2, 0.25) is 0 Å². The zero-order chi connectivity index (χ0) is 38.1. The molecule has 0 aliphatic rings. The lowest BCUT2D eigenvalue weighted by atomic mass is 10.0. The molecule has 0 aliphatic carbocycles. The third-order valence-corrected chi connectivity index (χ3v) is 12.3. The summed E-state index contributed by atoms with van der Waals surface area (Å²) in [5.41, 5.74) is 0. The number of unbranched alkanes of at least 4 members (excludes halogenated alkanes) is 46. The minimum Gasteiger partial charge on any atom is -0.381 e. The maximum Gasteiger partial charge on any atom is 0.0466 e. The molecule has 0 heterocycles. The van der Waals surface area contributed by atoms with E-state index in [1.165, 1.54) is 308 Å². The van der Waals surface area contributed by atoms with Crippen molar-refractivity contribution in [3.05, 3.63) is 0 Å². The molecule has 0 rings (SSSR count). The van der Waals surface area contributed by atoms with Gasteiger partial charge in [-0.1, -0.05) is 309 Å². The zero-order valence-corrected chi connectivity index (χ0v) is 37.8. The second kappa shape index (κ2) is 52.0. The van der Waals surface area contributed by atoms with Crippen molar-refractivity contribution in [2.75, 3.05) is 13.2 Å². The monoisotopic (exact) mass is 747 g/mol. The van der Waals surface area contributed by atoms with E-state index >= 15 is 0 Å². The van der Waals surface area contributed by atoms with Gasteiger partial charge in [0.15, 0.2) is 0 Å². The maximum atomic E-state index is 5.93. The molecule has 0 unspecified atom stereocenters. The molecule has 1 nitrogen and oxygen atoms in total. The fourth-order valence-electron chi connectivity index (χ4n) is 8.43. The van der Waals surface area contributed by atoms with Crippen LogP contribution in [0.25, 0.3) is 0 Å². The predicted octanol–water partition coefficient (Wildman–Crippen LogP) is 19.8. The van der Waals surface area contributed by atoms with E-state index in [-0.39, 0.29) is 0 Å². The van der Waals surface area contributed by atoms with Gasteiger partial charge in [-0.25, -0.2) is 0 Å². The van der Waals surface area contributed by atoms with Crippen molar-refractivity contribution >= 4 is 0 Å². The van der Waals surface area contributed by atoms with Gasteiger partial charge >= 0.3 is 0 Å². The maximum absolute atomic E-state index is 5.93. The first kappa shape index (κ1) is 53.0. The van der Waals surface area contributed by atoms with Crippen LogP contribution in [0.5, 0.6) is 0 Å². The van der Waals surface area contributed by atoms with Crippen LogP contribution in [-0.4, -0.2) is 13.2 Å². The molecule has 0 saturated carbocycles. The largest absolute Gasteiger partial charge is 0.381 e. The predicted molar refractivity (Wildman–Crippen MR) is 244 cm³/mol. The average Bonchev–Trinajstić information content (AvgIpc) is 3.17. The molecule has 0 spiro atoms. The third-order valence-electron chi connectivity index (χ3n) is 12.3. The standard InChI is InChI=1S/C52H106O/c1-3-5-7-9-11-13-15-17-19-21-23-25-26-27-28-29-30-31-32-34-36-38-40-42-44-46-48-50-52-53-51-49-47-45-43-41-39-37-35-33-24-22-20-18-16-14-12-10-8-6-4-2/h3-52H2,1-2H3. The highest BCUT2D eigenvalue weighted by molar-refractivity contribution is 4.54. The summed E-state index contributed by atoms with van der Waals surface area (Å²) in [6.07, 6.45) is 70.0. The van der Waals surface area contributed by atoms with Gasteiger partial charge in [-0.15, -0.1) is 0 Å². The first-order valence-electron chi connectivity index (χ1n) is 26.0. The number of rotatable bonds is 50. The van der Waals surface area contributed by atoms with Crippen LogP contribution in [-0.2, 0) is 4.74 Å². The lowest BCUT2D eigenvalue weighted by molar-refractivity contribution is 0.125. The lowest BCUT2D eigenvalue weighted by Gasteiger charge is -2.06. The summed E-state index contributed by atoms with van der Waals surface area (Å²) in [5.74, 6) is 0. The quantitative estimate of drug-likeness (QED) is 0.0563. The molecule has 0 aromatic carbocycles. The molecule has 0 atom stereocenters. The first-order chi connectivity index (χ1) is 26.4. The van der Waals surface area contributed by atoms with E-state index in [0.29, 0.717) is 0 Å².